The average Bonchev–Trinajstić information content (AvgIpc) is 2.24. The predicted octanol–water partition coefficient (Wildman–Crippen LogP) is 0.954. The molecule has 0 fully saturated rings. The van der Waals surface area contributed by atoms with Crippen LogP contribution in [0.4, 0.5) is 10.1 Å². The van der Waals surface area contributed by atoms with Crippen molar-refractivity contribution in [2.24, 2.45) is 0 Å². The van der Waals surface area contributed by atoms with E-state index in [1.54, 1.807) is 18.2 Å². The molecule has 0 bridgehead atoms. The second-order valence-corrected chi connectivity index (χ2v) is 2.98. The fraction of sp³-hybridized carbons (Fsp3) is 0. The van der Waals surface area contributed by atoms with Crippen molar-refractivity contribution in [2.75, 3.05) is 5.73 Å². The van der Waals surface area contributed by atoms with E-state index in [1.807, 2.05) is 0 Å². The summed E-state index contributed by atoms with van der Waals surface area (Å²) < 4.78 is 14.1. The van der Waals surface area contributed by atoms with Crippen LogP contribution in [0.5, 0.6) is 0 Å². The molecule has 0 atom stereocenters. The van der Waals surface area contributed by atoms with Crippen LogP contribution < -0.4 is 11.3 Å². The molecule has 5 heteroatoms. The first kappa shape index (κ1) is 9.39. The summed E-state index contributed by atoms with van der Waals surface area (Å²) in [5, 5.41) is 0. The molecule has 2 heterocycles. The van der Waals surface area contributed by atoms with Crippen molar-refractivity contribution in [1.82, 2.24) is 9.55 Å². The van der Waals surface area contributed by atoms with E-state index in [1.165, 1.54) is 6.20 Å². The number of pyridine rings is 2. The van der Waals surface area contributed by atoms with E-state index in [9.17, 15) is 9.18 Å². The maximum atomic E-state index is 13.0. The van der Waals surface area contributed by atoms with Crippen LogP contribution in [0.2, 0.25) is 0 Å². The van der Waals surface area contributed by atoms with Crippen molar-refractivity contribution < 1.29 is 4.39 Å². The number of aromatic nitrogens is 2. The number of anilines is 1. The molecule has 0 unspecified atom stereocenters. The lowest BCUT2D eigenvalue weighted by Gasteiger charge is -2.04. The number of rotatable bonds is 1. The van der Waals surface area contributed by atoms with Gasteiger partial charge in [-0.05, 0) is 12.1 Å². The summed E-state index contributed by atoms with van der Waals surface area (Å²) in [4.78, 5) is 15.5. The van der Waals surface area contributed by atoms with Crippen LogP contribution >= 0.6 is 0 Å². The van der Waals surface area contributed by atoms with Gasteiger partial charge in [-0.3, -0.25) is 9.36 Å². The van der Waals surface area contributed by atoms with Gasteiger partial charge in [0.05, 0.1) is 0 Å². The molecule has 0 radical (unpaired) electrons. The molecule has 0 aliphatic heterocycles. The summed E-state index contributed by atoms with van der Waals surface area (Å²) in [5.41, 5.74) is 4.74. The second-order valence-electron chi connectivity index (χ2n) is 2.98. The molecule has 0 amide bonds. The van der Waals surface area contributed by atoms with Gasteiger partial charge >= 0.3 is 0 Å². The Balaban J connectivity index is 2.69. The Kier molecular flexibility index (Phi) is 2.21. The molecule has 2 N–H and O–H groups in total. The van der Waals surface area contributed by atoms with E-state index in [0.717, 1.165) is 16.8 Å². The van der Waals surface area contributed by atoms with Crippen LogP contribution in [-0.2, 0) is 0 Å². The summed E-state index contributed by atoms with van der Waals surface area (Å²) in [5.74, 6) is -0.230. The molecule has 0 spiro atoms. The van der Waals surface area contributed by atoms with E-state index in [2.05, 4.69) is 4.98 Å². The molecule has 0 saturated heterocycles. The zero-order valence-corrected chi connectivity index (χ0v) is 7.72. The first-order valence-electron chi connectivity index (χ1n) is 4.27. The highest BCUT2D eigenvalue weighted by Crippen LogP contribution is 2.04. The summed E-state index contributed by atoms with van der Waals surface area (Å²) in [6.45, 7) is 0. The summed E-state index contributed by atoms with van der Waals surface area (Å²) in [7, 11) is 0. The molecule has 76 valence electrons. The first-order chi connectivity index (χ1) is 7.18. The minimum absolute atomic E-state index is 0.138. The van der Waals surface area contributed by atoms with Crippen LogP contribution in [0.3, 0.4) is 0 Å². The Hall–Kier alpha value is -2.17. The quantitative estimate of drug-likeness (QED) is 0.754. The summed E-state index contributed by atoms with van der Waals surface area (Å²) >= 11 is 0. The molecule has 2 aromatic rings. The smallest absolute Gasteiger partial charge is 0.279 e. The Labute approximate surface area is 84.8 Å². The number of halogens is 1. The van der Waals surface area contributed by atoms with Crippen molar-refractivity contribution in [1.29, 1.82) is 0 Å². The second kappa shape index (κ2) is 3.53. The van der Waals surface area contributed by atoms with Crippen molar-refractivity contribution in [3.63, 3.8) is 0 Å². The van der Waals surface area contributed by atoms with Gasteiger partial charge < -0.3 is 5.73 Å². The summed E-state index contributed by atoms with van der Waals surface area (Å²) in [6, 6.07) is 6.00. The average molecular weight is 205 g/mol. The third-order valence-electron chi connectivity index (χ3n) is 1.91. The number of nitrogens with two attached hydrogens (primary N) is 1. The molecule has 2 rings (SSSR count). The minimum atomic E-state index is -0.572. The summed E-state index contributed by atoms with van der Waals surface area (Å²) in [6.07, 6.45) is 2.57. The van der Waals surface area contributed by atoms with Gasteiger partial charge in [0.1, 0.15) is 17.3 Å². The molecular weight excluding hydrogens is 197 g/mol. The van der Waals surface area contributed by atoms with Crippen molar-refractivity contribution in [3.05, 3.63) is 52.8 Å². The van der Waals surface area contributed by atoms with Crippen LogP contribution in [-0.4, -0.2) is 9.55 Å². The first-order valence-corrected chi connectivity index (χ1v) is 4.27. The van der Waals surface area contributed by atoms with E-state index >= 15 is 0 Å². The lowest BCUT2D eigenvalue weighted by molar-refractivity contribution is 0.613. The lowest BCUT2D eigenvalue weighted by Crippen LogP contribution is -2.22. The number of nitrogens with zero attached hydrogens (tertiary/aromatic N) is 2. The van der Waals surface area contributed by atoms with Crippen LogP contribution in [0.15, 0.2) is 41.5 Å². The standard InChI is InChI=1S/C10H8FN3O/c11-7-5-8(12)10(15)14(6-7)9-3-1-2-4-13-9/h1-6H,12H2. The SMILES string of the molecule is Nc1cc(F)cn(-c2ccccn2)c1=O. The van der Waals surface area contributed by atoms with E-state index in [4.69, 9.17) is 5.73 Å². The Morgan fingerprint density at radius 3 is 2.87 bits per heavy atom. The maximum absolute atomic E-state index is 13.0. The van der Waals surface area contributed by atoms with Crippen molar-refractivity contribution in [3.8, 4) is 5.82 Å². The normalized spacial score (nSPS) is 10.2. The van der Waals surface area contributed by atoms with Gasteiger partial charge in [0, 0.05) is 18.5 Å². The van der Waals surface area contributed by atoms with Gasteiger partial charge in [-0.1, -0.05) is 6.07 Å². The molecule has 0 saturated carbocycles. The predicted molar refractivity (Wildman–Crippen MR) is 54.2 cm³/mol. The number of hydrogen-bond donors (Lipinski definition) is 1. The zero-order chi connectivity index (χ0) is 10.8. The highest BCUT2D eigenvalue weighted by Gasteiger charge is 2.05. The van der Waals surface area contributed by atoms with Gasteiger partial charge in [0.2, 0.25) is 0 Å². The monoisotopic (exact) mass is 205 g/mol. The topological polar surface area (TPSA) is 60.9 Å². The van der Waals surface area contributed by atoms with Crippen LogP contribution in [0.1, 0.15) is 0 Å². The zero-order valence-electron chi connectivity index (χ0n) is 7.72. The molecule has 0 aromatic carbocycles. The van der Waals surface area contributed by atoms with Crippen molar-refractivity contribution >= 4 is 5.69 Å². The fourth-order valence-corrected chi connectivity index (χ4v) is 1.24. The third-order valence-corrected chi connectivity index (χ3v) is 1.91. The highest BCUT2D eigenvalue weighted by molar-refractivity contribution is 5.38. The van der Waals surface area contributed by atoms with E-state index in [-0.39, 0.29) is 5.69 Å². The Bertz CT molecular complexity index is 536. The fourth-order valence-electron chi connectivity index (χ4n) is 1.24. The maximum Gasteiger partial charge on any atom is 0.279 e. The molecule has 4 nitrogen and oxygen atoms in total. The molecule has 0 aliphatic rings. The van der Waals surface area contributed by atoms with E-state index < -0.39 is 11.4 Å². The molecule has 15 heavy (non-hydrogen) atoms. The van der Waals surface area contributed by atoms with Gasteiger partial charge in [0.25, 0.3) is 5.56 Å². The minimum Gasteiger partial charge on any atom is -0.394 e. The number of nitrogen functional groups attached to an aromatic ring is 1. The number of hydrogen-bond acceptors (Lipinski definition) is 3. The molecule has 0 aliphatic carbocycles. The van der Waals surface area contributed by atoms with Crippen LogP contribution in [0.25, 0.3) is 5.82 Å². The van der Waals surface area contributed by atoms with Gasteiger partial charge in [-0.2, -0.15) is 0 Å². The van der Waals surface area contributed by atoms with Gasteiger partial charge in [-0.15, -0.1) is 0 Å². The van der Waals surface area contributed by atoms with Crippen molar-refractivity contribution in [2.45, 2.75) is 0 Å². The highest BCUT2D eigenvalue weighted by atomic mass is 19.1. The lowest BCUT2D eigenvalue weighted by atomic mass is 10.4. The van der Waals surface area contributed by atoms with E-state index in [0.29, 0.717) is 5.82 Å². The third kappa shape index (κ3) is 1.71. The molecular formula is C10H8FN3O. The van der Waals surface area contributed by atoms with Gasteiger partial charge in [-0.25, -0.2) is 9.37 Å². The Morgan fingerprint density at radius 1 is 1.40 bits per heavy atom. The van der Waals surface area contributed by atoms with Crippen LogP contribution in [0, 0.1) is 5.82 Å². The van der Waals surface area contributed by atoms with Gasteiger partial charge in [0.15, 0.2) is 0 Å². The Morgan fingerprint density at radius 2 is 2.20 bits per heavy atom. The molecule has 2 aromatic heterocycles. The largest absolute Gasteiger partial charge is 0.394 e.